The van der Waals surface area contributed by atoms with Gasteiger partial charge in [0.1, 0.15) is 5.82 Å². The molecule has 0 saturated heterocycles. The molecule has 1 heterocycles. The number of aryl methyl sites for hydroxylation is 1. The Hall–Kier alpha value is -1.88. The number of anilines is 1. The summed E-state index contributed by atoms with van der Waals surface area (Å²) in [7, 11) is 1.67. The number of methoxy groups -OCH3 is 1. The predicted molar refractivity (Wildman–Crippen MR) is 77.3 cm³/mol. The Labute approximate surface area is 118 Å². The molecular formula is C15H20FN3O. The number of rotatable bonds is 6. The van der Waals surface area contributed by atoms with Gasteiger partial charge in [-0.2, -0.15) is 0 Å². The van der Waals surface area contributed by atoms with Gasteiger partial charge in [-0.1, -0.05) is 12.1 Å². The molecule has 2 aromatic rings. The van der Waals surface area contributed by atoms with E-state index in [0.717, 1.165) is 18.1 Å². The van der Waals surface area contributed by atoms with E-state index in [1.165, 1.54) is 0 Å². The average Bonchev–Trinajstić information content (AvgIpc) is 2.86. The molecule has 1 aromatic heterocycles. The van der Waals surface area contributed by atoms with Crippen LogP contribution in [0.4, 0.5) is 10.3 Å². The van der Waals surface area contributed by atoms with Crippen molar-refractivity contribution in [1.82, 2.24) is 9.55 Å². The zero-order valence-corrected chi connectivity index (χ0v) is 12.1. The average molecular weight is 277 g/mol. The van der Waals surface area contributed by atoms with Gasteiger partial charge in [0.05, 0.1) is 12.6 Å². The third-order valence-corrected chi connectivity index (χ3v) is 3.29. The van der Waals surface area contributed by atoms with E-state index >= 15 is 0 Å². The number of hydrogen-bond acceptors (Lipinski definition) is 3. The summed E-state index contributed by atoms with van der Waals surface area (Å²) in [6.45, 7) is 5.10. The number of hydrogen-bond donors (Lipinski definition) is 1. The van der Waals surface area contributed by atoms with E-state index in [2.05, 4.69) is 10.3 Å². The van der Waals surface area contributed by atoms with Gasteiger partial charge in [-0.15, -0.1) is 0 Å². The number of benzene rings is 1. The number of ether oxygens (including phenoxy) is 1. The van der Waals surface area contributed by atoms with E-state index in [1.54, 1.807) is 32.4 Å². The number of aromatic nitrogens is 2. The standard InChI is InChI=1S/C15H20FN3O/c1-11-4-5-13(10-14(11)16)12(2)18-15-17-6-7-19(15)8-9-20-3/h4-7,10,12H,8-9H2,1-3H3,(H,17,18). The lowest BCUT2D eigenvalue weighted by Crippen LogP contribution is -2.13. The van der Waals surface area contributed by atoms with Crippen LogP contribution < -0.4 is 5.32 Å². The fourth-order valence-corrected chi connectivity index (χ4v) is 1.97. The molecule has 0 aliphatic rings. The normalized spacial score (nSPS) is 12.4. The highest BCUT2D eigenvalue weighted by atomic mass is 19.1. The van der Waals surface area contributed by atoms with Crippen LogP contribution in [0, 0.1) is 12.7 Å². The minimum Gasteiger partial charge on any atom is -0.383 e. The highest BCUT2D eigenvalue weighted by Gasteiger charge is 2.10. The fourth-order valence-electron chi connectivity index (χ4n) is 1.97. The summed E-state index contributed by atoms with van der Waals surface area (Å²) < 4.78 is 20.6. The first-order valence-corrected chi connectivity index (χ1v) is 6.64. The minimum atomic E-state index is -0.182. The minimum absolute atomic E-state index is 0.0196. The Kier molecular flexibility index (Phi) is 4.74. The van der Waals surface area contributed by atoms with Crippen molar-refractivity contribution in [2.75, 3.05) is 19.0 Å². The summed E-state index contributed by atoms with van der Waals surface area (Å²) in [4.78, 5) is 4.28. The molecule has 0 aliphatic carbocycles. The van der Waals surface area contributed by atoms with Crippen LogP contribution in [0.2, 0.25) is 0 Å². The van der Waals surface area contributed by atoms with Gasteiger partial charge in [0.15, 0.2) is 0 Å². The van der Waals surface area contributed by atoms with Gasteiger partial charge in [0.25, 0.3) is 0 Å². The maximum absolute atomic E-state index is 13.6. The molecule has 1 aromatic carbocycles. The van der Waals surface area contributed by atoms with Crippen molar-refractivity contribution in [2.45, 2.75) is 26.4 Å². The van der Waals surface area contributed by atoms with Gasteiger partial charge in [-0.25, -0.2) is 9.37 Å². The van der Waals surface area contributed by atoms with E-state index < -0.39 is 0 Å². The number of nitrogens with one attached hydrogen (secondary N) is 1. The van der Waals surface area contributed by atoms with Gasteiger partial charge in [0.2, 0.25) is 5.95 Å². The summed E-state index contributed by atoms with van der Waals surface area (Å²) in [5, 5.41) is 3.29. The zero-order valence-electron chi connectivity index (χ0n) is 12.1. The van der Waals surface area contributed by atoms with E-state index in [-0.39, 0.29) is 11.9 Å². The molecule has 1 atom stereocenters. The molecule has 0 fully saturated rings. The van der Waals surface area contributed by atoms with Crippen molar-refractivity contribution in [1.29, 1.82) is 0 Å². The molecule has 20 heavy (non-hydrogen) atoms. The lowest BCUT2D eigenvalue weighted by molar-refractivity contribution is 0.187. The van der Waals surface area contributed by atoms with Crippen LogP contribution >= 0.6 is 0 Å². The molecule has 2 rings (SSSR count). The molecule has 0 aliphatic heterocycles. The highest BCUT2D eigenvalue weighted by Crippen LogP contribution is 2.20. The van der Waals surface area contributed by atoms with Crippen LogP contribution in [0.15, 0.2) is 30.6 Å². The molecule has 0 bridgehead atoms. The largest absolute Gasteiger partial charge is 0.383 e. The van der Waals surface area contributed by atoms with Gasteiger partial charge >= 0.3 is 0 Å². The first-order chi connectivity index (χ1) is 9.61. The Balaban J connectivity index is 2.09. The lowest BCUT2D eigenvalue weighted by atomic mass is 10.1. The van der Waals surface area contributed by atoms with Crippen molar-refractivity contribution in [3.63, 3.8) is 0 Å². The summed E-state index contributed by atoms with van der Waals surface area (Å²) in [5.74, 6) is 0.578. The lowest BCUT2D eigenvalue weighted by Gasteiger charge is -2.17. The highest BCUT2D eigenvalue weighted by molar-refractivity contribution is 5.34. The number of halogens is 1. The molecule has 0 saturated carbocycles. The second kappa shape index (κ2) is 6.52. The van der Waals surface area contributed by atoms with Crippen molar-refractivity contribution >= 4 is 5.95 Å². The molecule has 0 radical (unpaired) electrons. The Morgan fingerprint density at radius 2 is 2.25 bits per heavy atom. The first-order valence-electron chi connectivity index (χ1n) is 6.64. The molecular weight excluding hydrogens is 257 g/mol. The van der Waals surface area contributed by atoms with Crippen molar-refractivity contribution in [3.8, 4) is 0 Å². The maximum atomic E-state index is 13.6. The fraction of sp³-hybridized carbons (Fsp3) is 0.400. The van der Waals surface area contributed by atoms with Crippen molar-refractivity contribution in [3.05, 3.63) is 47.5 Å². The number of nitrogens with zero attached hydrogens (tertiary/aromatic N) is 2. The Bertz CT molecular complexity index is 568. The topological polar surface area (TPSA) is 39.1 Å². The van der Waals surface area contributed by atoms with Gasteiger partial charge < -0.3 is 14.6 Å². The van der Waals surface area contributed by atoms with Gasteiger partial charge in [0, 0.05) is 26.0 Å². The van der Waals surface area contributed by atoms with Crippen LogP contribution in [-0.4, -0.2) is 23.3 Å². The smallest absolute Gasteiger partial charge is 0.203 e. The molecule has 0 spiro atoms. The second-order valence-corrected chi connectivity index (χ2v) is 4.81. The van der Waals surface area contributed by atoms with E-state index in [1.807, 2.05) is 23.8 Å². The third-order valence-electron chi connectivity index (χ3n) is 3.29. The quantitative estimate of drug-likeness (QED) is 0.881. The predicted octanol–water partition coefficient (Wildman–Crippen LogP) is 3.15. The molecule has 1 unspecified atom stereocenters. The van der Waals surface area contributed by atoms with E-state index in [4.69, 9.17) is 4.74 Å². The maximum Gasteiger partial charge on any atom is 0.203 e. The van der Waals surface area contributed by atoms with Crippen LogP contribution in [-0.2, 0) is 11.3 Å². The molecule has 1 N–H and O–H groups in total. The summed E-state index contributed by atoms with van der Waals surface area (Å²) in [6, 6.07) is 5.27. The molecule has 0 amide bonds. The van der Waals surface area contributed by atoms with E-state index in [0.29, 0.717) is 12.2 Å². The molecule has 5 heteroatoms. The summed E-state index contributed by atoms with van der Waals surface area (Å²) in [6.07, 6.45) is 3.63. The zero-order chi connectivity index (χ0) is 14.5. The molecule has 4 nitrogen and oxygen atoms in total. The Morgan fingerprint density at radius 1 is 1.45 bits per heavy atom. The molecule has 108 valence electrons. The van der Waals surface area contributed by atoms with Crippen molar-refractivity contribution < 1.29 is 9.13 Å². The van der Waals surface area contributed by atoms with Crippen LogP contribution in [0.3, 0.4) is 0 Å². The first kappa shape index (κ1) is 14.5. The van der Waals surface area contributed by atoms with E-state index in [9.17, 15) is 4.39 Å². The summed E-state index contributed by atoms with van der Waals surface area (Å²) in [5.41, 5.74) is 1.55. The van der Waals surface area contributed by atoms with Gasteiger partial charge in [-0.3, -0.25) is 0 Å². The Morgan fingerprint density at radius 3 is 2.95 bits per heavy atom. The second-order valence-electron chi connectivity index (χ2n) is 4.81. The van der Waals surface area contributed by atoms with Crippen molar-refractivity contribution in [2.24, 2.45) is 0 Å². The van der Waals surface area contributed by atoms with Crippen LogP contribution in [0.5, 0.6) is 0 Å². The van der Waals surface area contributed by atoms with Crippen LogP contribution in [0.1, 0.15) is 24.1 Å². The monoisotopic (exact) mass is 277 g/mol. The van der Waals surface area contributed by atoms with Crippen LogP contribution in [0.25, 0.3) is 0 Å². The third kappa shape index (κ3) is 3.36. The summed E-state index contributed by atoms with van der Waals surface area (Å²) >= 11 is 0. The number of imidazole rings is 1. The SMILES string of the molecule is COCCn1ccnc1NC(C)c1ccc(C)c(F)c1. The van der Waals surface area contributed by atoms with Gasteiger partial charge in [-0.05, 0) is 31.0 Å².